The van der Waals surface area contributed by atoms with Crippen molar-refractivity contribution in [3.63, 3.8) is 0 Å². The van der Waals surface area contributed by atoms with Crippen molar-refractivity contribution in [1.29, 1.82) is 0 Å². The van der Waals surface area contributed by atoms with Gasteiger partial charge in [-0.2, -0.15) is 5.21 Å². The van der Waals surface area contributed by atoms with Crippen molar-refractivity contribution in [2.24, 2.45) is 0 Å². The second-order valence-electron chi connectivity index (χ2n) is 7.37. The minimum absolute atomic E-state index is 0.431. The highest BCUT2D eigenvalue weighted by Gasteiger charge is 2.12. The van der Waals surface area contributed by atoms with Crippen molar-refractivity contribution >= 4 is 22.5 Å². The normalized spacial score (nSPS) is 11.1. The molecule has 32 heavy (non-hydrogen) atoms. The lowest BCUT2D eigenvalue weighted by Gasteiger charge is -2.13. The molecule has 6 nitrogen and oxygen atoms in total. The van der Waals surface area contributed by atoms with Gasteiger partial charge in [-0.1, -0.05) is 73.1 Å². The molecule has 3 aromatic carbocycles. The average Bonchev–Trinajstić information content (AvgIpc) is 3.38. The number of tetrazole rings is 1. The van der Waals surface area contributed by atoms with Crippen LogP contribution >= 0.6 is 11.6 Å². The van der Waals surface area contributed by atoms with Crippen LogP contribution in [0.2, 0.25) is 5.02 Å². The van der Waals surface area contributed by atoms with Crippen molar-refractivity contribution in [1.82, 2.24) is 25.6 Å². The summed E-state index contributed by atoms with van der Waals surface area (Å²) in [6, 6.07) is 24.0. The van der Waals surface area contributed by atoms with Gasteiger partial charge in [0.05, 0.1) is 15.9 Å². The minimum atomic E-state index is 0.431. The SMILES string of the molecule is CCc1cc(OCc2ccc(-c3ccccc3-c3nn[nH]n3)cc2)c2c(Cl)cccc2n1. The predicted octanol–water partition coefficient (Wildman–Crippen LogP) is 5.88. The molecule has 0 atom stereocenters. The lowest BCUT2D eigenvalue weighted by molar-refractivity contribution is 0.309. The Morgan fingerprint density at radius 1 is 0.938 bits per heavy atom. The molecule has 0 amide bonds. The zero-order chi connectivity index (χ0) is 21.9. The van der Waals surface area contributed by atoms with Crippen LogP contribution in [0.5, 0.6) is 5.75 Å². The molecule has 2 aromatic heterocycles. The number of benzene rings is 3. The van der Waals surface area contributed by atoms with E-state index in [0.29, 0.717) is 17.5 Å². The van der Waals surface area contributed by atoms with Gasteiger partial charge in [-0.15, -0.1) is 10.2 Å². The maximum absolute atomic E-state index is 6.45. The van der Waals surface area contributed by atoms with Gasteiger partial charge in [0.2, 0.25) is 5.82 Å². The number of aromatic amines is 1. The summed E-state index contributed by atoms with van der Waals surface area (Å²) in [5, 5.41) is 15.9. The third-order valence-corrected chi connectivity index (χ3v) is 5.65. The van der Waals surface area contributed by atoms with Gasteiger partial charge < -0.3 is 4.74 Å². The van der Waals surface area contributed by atoms with Crippen LogP contribution in [0, 0.1) is 0 Å². The predicted molar refractivity (Wildman–Crippen MR) is 126 cm³/mol. The van der Waals surface area contributed by atoms with Crippen LogP contribution in [0.3, 0.4) is 0 Å². The second kappa shape index (κ2) is 8.77. The van der Waals surface area contributed by atoms with Crippen LogP contribution in [0.4, 0.5) is 0 Å². The number of aromatic nitrogens is 5. The van der Waals surface area contributed by atoms with Crippen molar-refractivity contribution in [3.05, 3.63) is 89.1 Å². The lowest BCUT2D eigenvalue weighted by atomic mass is 9.98. The van der Waals surface area contributed by atoms with Crippen molar-refractivity contribution in [2.75, 3.05) is 0 Å². The van der Waals surface area contributed by atoms with Crippen LogP contribution in [0.25, 0.3) is 33.4 Å². The topological polar surface area (TPSA) is 76.6 Å². The molecule has 0 fully saturated rings. The summed E-state index contributed by atoms with van der Waals surface area (Å²) in [5.74, 6) is 1.32. The van der Waals surface area contributed by atoms with Crippen LogP contribution in [0.1, 0.15) is 18.2 Å². The maximum atomic E-state index is 6.45. The number of ether oxygens (including phenoxy) is 1. The first-order chi connectivity index (χ1) is 15.7. The summed E-state index contributed by atoms with van der Waals surface area (Å²) in [5.41, 5.74) is 5.92. The smallest absolute Gasteiger partial charge is 0.205 e. The molecule has 0 unspecified atom stereocenters. The number of hydrogen-bond donors (Lipinski definition) is 1. The number of pyridine rings is 1. The molecular formula is C25H20ClN5O. The highest BCUT2D eigenvalue weighted by atomic mass is 35.5. The fraction of sp³-hybridized carbons (Fsp3) is 0.120. The standard InChI is InChI=1S/C25H20ClN5O/c1-2-18-14-23(24-21(26)8-5-9-22(24)27-18)32-15-16-10-12-17(13-11-16)19-6-3-4-7-20(19)25-28-30-31-29-25/h3-14H,2,15H2,1H3,(H,28,29,30,31). The molecule has 0 aliphatic rings. The van der Waals surface area contributed by atoms with Crippen molar-refractivity contribution in [3.8, 4) is 28.3 Å². The number of halogens is 1. The number of nitrogens with one attached hydrogen (secondary N) is 1. The molecule has 0 saturated heterocycles. The molecule has 0 radical (unpaired) electrons. The summed E-state index contributed by atoms with van der Waals surface area (Å²) < 4.78 is 6.20. The second-order valence-corrected chi connectivity index (χ2v) is 7.77. The Balaban J connectivity index is 1.41. The molecule has 2 heterocycles. The van der Waals surface area contributed by atoms with Gasteiger partial charge in [0.25, 0.3) is 0 Å². The first-order valence-corrected chi connectivity index (χ1v) is 10.7. The van der Waals surface area contributed by atoms with E-state index in [4.69, 9.17) is 16.3 Å². The zero-order valence-electron chi connectivity index (χ0n) is 17.4. The van der Waals surface area contributed by atoms with Crippen molar-refractivity contribution < 1.29 is 4.74 Å². The van der Waals surface area contributed by atoms with Crippen LogP contribution in [-0.2, 0) is 13.0 Å². The number of nitrogens with zero attached hydrogens (tertiary/aromatic N) is 4. The van der Waals surface area contributed by atoms with Crippen LogP contribution < -0.4 is 4.74 Å². The summed E-state index contributed by atoms with van der Waals surface area (Å²) >= 11 is 6.45. The maximum Gasteiger partial charge on any atom is 0.205 e. The summed E-state index contributed by atoms with van der Waals surface area (Å²) in [6.45, 7) is 2.51. The Labute approximate surface area is 190 Å². The Kier molecular flexibility index (Phi) is 5.52. The van der Waals surface area contributed by atoms with E-state index in [0.717, 1.165) is 51.0 Å². The molecule has 1 N–H and O–H groups in total. The van der Waals surface area contributed by atoms with E-state index in [2.05, 4.69) is 62.9 Å². The molecule has 5 aromatic rings. The molecule has 0 saturated carbocycles. The summed E-state index contributed by atoms with van der Waals surface area (Å²) in [4.78, 5) is 4.66. The first-order valence-electron chi connectivity index (χ1n) is 10.4. The van der Waals surface area contributed by atoms with E-state index in [1.54, 1.807) is 0 Å². The van der Waals surface area contributed by atoms with E-state index < -0.39 is 0 Å². The fourth-order valence-electron chi connectivity index (χ4n) is 3.70. The Bertz CT molecular complexity index is 1370. The van der Waals surface area contributed by atoms with Crippen molar-refractivity contribution in [2.45, 2.75) is 20.0 Å². The average molecular weight is 442 g/mol. The van der Waals surface area contributed by atoms with E-state index in [1.807, 2.05) is 42.5 Å². The van der Waals surface area contributed by atoms with Gasteiger partial charge in [0, 0.05) is 17.3 Å². The van der Waals surface area contributed by atoms with Gasteiger partial charge in [-0.05, 0) is 40.5 Å². The van der Waals surface area contributed by atoms with Gasteiger partial charge in [-0.3, -0.25) is 4.98 Å². The first kappa shape index (κ1) is 20.2. The third kappa shape index (κ3) is 3.92. The highest BCUT2D eigenvalue weighted by molar-refractivity contribution is 6.35. The number of hydrogen-bond acceptors (Lipinski definition) is 5. The largest absolute Gasteiger partial charge is 0.488 e. The van der Waals surface area contributed by atoms with Gasteiger partial charge >= 0.3 is 0 Å². The third-order valence-electron chi connectivity index (χ3n) is 5.33. The molecule has 158 valence electrons. The molecule has 0 bridgehead atoms. The summed E-state index contributed by atoms with van der Waals surface area (Å²) in [7, 11) is 0. The molecule has 0 aliphatic carbocycles. The van der Waals surface area contributed by atoms with Crippen LogP contribution in [0.15, 0.2) is 72.8 Å². The fourth-order valence-corrected chi connectivity index (χ4v) is 3.97. The zero-order valence-corrected chi connectivity index (χ0v) is 18.2. The van der Waals surface area contributed by atoms with E-state index in [9.17, 15) is 0 Å². The molecule has 5 rings (SSSR count). The molecule has 7 heteroatoms. The number of aryl methyl sites for hydroxylation is 1. The Morgan fingerprint density at radius 3 is 2.50 bits per heavy atom. The summed E-state index contributed by atoms with van der Waals surface area (Å²) in [6.07, 6.45) is 0.827. The number of rotatable bonds is 6. The van der Waals surface area contributed by atoms with E-state index >= 15 is 0 Å². The van der Waals surface area contributed by atoms with Gasteiger partial charge in [0.15, 0.2) is 0 Å². The molecular weight excluding hydrogens is 422 g/mol. The minimum Gasteiger partial charge on any atom is -0.488 e. The Morgan fingerprint density at radius 2 is 1.75 bits per heavy atom. The van der Waals surface area contributed by atoms with Gasteiger partial charge in [-0.25, -0.2) is 0 Å². The quantitative estimate of drug-likeness (QED) is 0.356. The number of H-pyrrole nitrogens is 1. The molecule has 0 aliphatic heterocycles. The Hall–Kier alpha value is -3.77. The highest BCUT2D eigenvalue weighted by Crippen LogP contribution is 2.33. The van der Waals surface area contributed by atoms with Crippen LogP contribution in [-0.4, -0.2) is 25.6 Å². The lowest BCUT2D eigenvalue weighted by Crippen LogP contribution is -1.99. The monoisotopic (exact) mass is 441 g/mol. The number of fused-ring (bicyclic) bond motifs is 1. The van der Waals surface area contributed by atoms with E-state index in [1.165, 1.54) is 0 Å². The van der Waals surface area contributed by atoms with Gasteiger partial charge in [0.1, 0.15) is 12.4 Å². The molecule has 0 spiro atoms. The van der Waals surface area contributed by atoms with E-state index in [-0.39, 0.29) is 0 Å².